The lowest BCUT2D eigenvalue weighted by Crippen LogP contribution is -2.28. The van der Waals surface area contributed by atoms with Crippen molar-refractivity contribution in [1.29, 1.82) is 0 Å². The topological polar surface area (TPSA) is 54.3 Å². The van der Waals surface area contributed by atoms with Gasteiger partial charge in [0.2, 0.25) is 0 Å². The van der Waals surface area contributed by atoms with E-state index in [1.807, 2.05) is 56.6 Å². The first-order valence-electron chi connectivity index (χ1n) is 11.6. The Morgan fingerprint density at radius 2 is 1.88 bits per heavy atom. The zero-order valence-corrected chi connectivity index (χ0v) is 20.6. The van der Waals surface area contributed by atoms with Crippen LogP contribution in [0.3, 0.4) is 0 Å². The van der Waals surface area contributed by atoms with Crippen molar-refractivity contribution in [2.75, 3.05) is 27.2 Å². The van der Waals surface area contributed by atoms with Crippen LogP contribution in [-0.2, 0) is 6.54 Å². The van der Waals surface area contributed by atoms with Crippen LogP contribution in [0.15, 0.2) is 48.5 Å². The second-order valence-electron chi connectivity index (χ2n) is 9.08. The maximum Gasteiger partial charge on any atom is 0.195 e. The van der Waals surface area contributed by atoms with E-state index < -0.39 is 0 Å². The van der Waals surface area contributed by atoms with Crippen LogP contribution in [0, 0.1) is 5.92 Å². The number of carbonyl (C=O) groups is 1. The lowest BCUT2D eigenvalue weighted by Gasteiger charge is -2.24. The lowest BCUT2D eigenvalue weighted by molar-refractivity contribution is 0.103. The molecule has 1 saturated carbocycles. The molecule has 0 radical (unpaired) electrons. The van der Waals surface area contributed by atoms with Crippen LogP contribution >= 0.6 is 11.6 Å². The van der Waals surface area contributed by atoms with E-state index in [0.29, 0.717) is 22.7 Å². The fraction of sp³-hybridized carbons (Fsp3) is 0.423. The van der Waals surface area contributed by atoms with Crippen molar-refractivity contribution >= 4 is 17.4 Å². The van der Waals surface area contributed by atoms with Crippen molar-refractivity contribution in [2.45, 2.75) is 39.3 Å². The highest BCUT2D eigenvalue weighted by molar-refractivity contribution is 6.31. The molecule has 2 aromatic carbocycles. The van der Waals surface area contributed by atoms with Crippen molar-refractivity contribution < 1.29 is 4.79 Å². The van der Waals surface area contributed by atoms with Crippen LogP contribution in [0.4, 0.5) is 0 Å². The molecule has 6 nitrogen and oxygen atoms in total. The standard InChI is InChI=1S/C26H32ClN5O/c1-5-31(16-19-11-12-19)17-24-28-29-26(18(2)30(3)4)32(24)23-14-13-21(27)15-22(23)25(33)20-9-7-6-8-10-20/h6-10,13-15,18-19H,5,11-12,16-17H2,1-4H3. The van der Waals surface area contributed by atoms with Crippen molar-refractivity contribution in [3.05, 3.63) is 76.3 Å². The number of carbonyl (C=O) groups excluding carboxylic acids is 1. The molecular weight excluding hydrogens is 434 g/mol. The average Bonchev–Trinajstić information content (AvgIpc) is 3.55. The van der Waals surface area contributed by atoms with Gasteiger partial charge in [0.25, 0.3) is 0 Å². The molecule has 0 bridgehead atoms. The van der Waals surface area contributed by atoms with E-state index in [1.165, 1.54) is 12.8 Å². The molecule has 0 N–H and O–H groups in total. The molecule has 0 saturated heterocycles. The quantitative estimate of drug-likeness (QED) is 0.394. The van der Waals surface area contributed by atoms with E-state index in [9.17, 15) is 4.79 Å². The molecule has 1 aliphatic carbocycles. The molecule has 1 unspecified atom stereocenters. The minimum Gasteiger partial charge on any atom is -0.300 e. The van der Waals surface area contributed by atoms with Gasteiger partial charge >= 0.3 is 0 Å². The molecule has 0 amide bonds. The Hall–Kier alpha value is -2.54. The summed E-state index contributed by atoms with van der Waals surface area (Å²) in [5.41, 5.74) is 1.94. The van der Waals surface area contributed by atoms with Gasteiger partial charge in [0.15, 0.2) is 17.4 Å². The normalized spacial score (nSPS) is 14.8. The number of halogens is 1. The summed E-state index contributed by atoms with van der Waals surface area (Å²) in [5.74, 6) is 2.36. The second kappa shape index (κ2) is 10.2. The van der Waals surface area contributed by atoms with Gasteiger partial charge in [0.1, 0.15) is 0 Å². The summed E-state index contributed by atoms with van der Waals surface area (Å²) in [6.07, 6.45) is 2.61. The highest BCUT2D eigenvalue weighted by atomic mass is 35.5. The first-order chi connectivity index (χ1) is 15.9. The Labute approximate surface area is 201 Å². The van der Waals surface area contributed by atoms with Crippen LogP contribution in [0.5, 0.6) is 0 Å². The Balaban J connectivity index is 1.83. The summed E-state index contributed by atoms with van der Waals surface area (Å²) in [7, 11) is 4.04. The highest BCUT2D eigenvalue weighted by Crippen LogP contribution is 2.31. The maximum absolute atomic E-state index is 13.5. The lowest BCUT2D eigenvalue weighted by atomic mass is 10.0. The molecule has 1 heterocycles. The molecular formula is C26H32ClN5O. The van der Waals surface area contributed by atoms with Gasteiger partial charge in [-0.3, -0.25) is 19.2 Å². The molecule has 174 valence electrons. The van der Waals surface area contributed by atoms with Gasteiger partial charge in [-0.05, 0) is 64.5 Å². The van der Waals surface area contributed by atoms with Gasteiger partial charge in [-0.15, -0.1) is 10.2 Å². The highest BCUT2D eigenvalue weighted by Gasteiger charge is 2.28. The Morgan fingerprint density at radius 1 is 1.15 bits per heavy atom. The SMILES string of the molecule is CCN(Cc1nnc(C(C)N(C)C)n1-c1ccc(Cl)cc1C(=O)c1ccccc1)CC1CC1. The average molecular weight is 466 g/mol. The van der Waals surface area contributed by atoms with Crippen molar-refractivity contribution in [2.24, 2.45) is 5.92 Å². The molecule has 33 heavy (non-hydrogen) atoms. The molecule has 1 aromatic heterocycles. The molecule has 4 rings (SSSR count). The predicted octanol–water partition coefficient (Wildman–Crippen LogP) is 5.01. The Kier molecular flexibility index (Phi) is 7.27. The molecule has 3 aromatic rings. The van der Waals surface area contributed by atoms with Crippen molar-refractivity contribution in [3.63, 3.8) is 0 Å². The van der Waals surface area contributed by atoms with Crippen LogP contribution in [-0.4, -0.2) is 57.5 Å². The number of aromatic nitrogens is 3. The van der Waals surface area contributed by atoms with Gasteiger partial charge in [-0.25, -0.2) is 0 Å². The predicted molar refractivity (Wildman–Crippen MR) is 132 cm³/mol. The van der Waals surface area contributed by atoms with Crippen LogP contribution in [0.2, 0.25) is 5.02 Å². The molecule has 0 aliphatic heterocycles. The minimum atomic E-state index is -0.0680. The summed E-state index contributed by atoms with van der Waals surface area (Å²) in [6.45, 7) is 6.97. The summed E-state index contributed by atoms with van der Waals surface area (Å²) in [5, 5.41) is 9.73. The van der Waals surface area contributed by atoms with Crippen LogP contribution in [0.25, 0.3) is 5.69 Å². The Bertz CT molecular complexity index is 1110. The number of hydrogen-bond acceptors (Lipinski definition) is 5. The van der Waals surface area contributed by atoms with Crippen molar-refractivity contribution in [3.8, 4) is 5.69 Å². The summed E-state index contributed by atoms with van der Waals surface area (Å²) in [4.78, 5) is 18.1. The van der Waals surface area contributed by atoms with Crippen molar-refractivity contribution in [1.82, 2.24) is 24.6 Å². The first kappa shape index (κ1) is 23.6. The number of benzene rings is 2. The zero-order chi connectivity index (χ0) is 23.5. The third-order valence-electron chi connectivity index (χ3n) is 6.41. The van der Waals surface area contributed by atoms with Crippen LogP contribution < -0.4 is 0 Å². The Morgan fingerprint density at radius 3 is 2.52 bits per heavy atom. The largest absolute Gasteiger partial charge is 0.300 e. The van der Waals surface area contributed by atoms with E-state index >= 15 is 0 Å². The van der Waals surface area contributed by atoms with Gasteiger partial charge in [0.05, 0.1) is 18.3 Å². The smallest absolute Gasteiger partial charge is 0.195 e. The van der Waals surface area contributed by atoms with Gasteiger partial charge in [-0.1, -0.05) is 48.9 Å². The first-order valence-corrected chi connectivity index (χ1v) is 12.0. The molecule has 0 spiro atoms. The number of rotatable bonds is 10. The fourth-order valence-corrected chi connectivity index (χ4v) is 4.17. The third kappa shape index (κ3) is 5.35. The summed E-state index contributed by atoms with van der Waals surface area (Å²) >= 11 is 6.36. The number of hydrogen-bond donors (Lipinski definition) is 0. The van der Waals surface area contributed by atoms with E-state index in [2.05, 4.69) is 38.4 Å². The molecule has 1 fully saturated rings. The maximum atomic E-state index is 13.5. The van der Waals surface area contributed by atoms with Gasteiger partial charge < -0.3 is 0 Å². The third-order valence-corrected chi connectivity index (χ3v) is 6.64. The zero-order valence-electron chi connectivity index (χ0n) is 19.8. The monoisotopic (exact) mass is 465 g/mol. The van der Waals surface area contributed by atoms with E-state index in [1.54, 1.807) is 6.07 Å². The van der Waals surface area contributed by atoms with Gasteiger partial charge in [0, 0.05) is 22.7 Å². The number of nitrogens with zero attached hydrogens (tertiary/aromatic N) is 5. The van der Waals surface area contributed by atoms with E-state index in [-0.39, 0.29) is 11.8 Å². The molecule has 1 atom stereocenters. The second-order valence-corrected chi connectivity index (χ2v) is 9.51. The summed E-state index contributed by atoms with van der Waals surface area (Å²) < 4.78 is 2.06. The minimum absolute atomic E-state index is 0.0140. The molecule has 1 aliphatic rings. The van der Waals surface area contributed by atoms with E-state index in [4.69, 9.17) is 11.6 Å². The van der Waals surface area contributed by atoms with E-state index in [0.717, 1.165) is 36.3 Å². The van der Waals surface area contributed by atoms with Crippen LogP contribution in [0.1, 0.15) is 60.3 Å². The number of ketones is 1. The molecule has 7 heteroatoms. The van der Waals surface area contributed by atoms with Gasteiger partial charge in [-0.2, -0.15) is 0 Å². The fourth-order valence-electron chi connectivity index (χ4n) is 4.00. The summed E-state index contributed by atoms with van der Waals surface area (Å²) in [6, 6.07) is 14.8.